The predicted molar refractivity (Wildman–Crippen MR) is 118 cm³/mol. The Hall–Kier alpha value is -3.45. The van der Waals surface area contributed by atoms with E-state index >= 15 is 0 Å². The lowest BCUT2D eigenvalue weighted by atomic mass is 10.2. The summed E-state index contributed by atoms with van der Waals surface area (Å²) in [5, 5.41) is 3.52. The molecule has 0 spiro atoms. The second kappa shape index (κ2) is 7.76. The SMILES string of the molecule is O=C(Nc1ccc2nc(-c3cc(Cl)ccn3)[nH]c2c1)c1ccc(N2CCCC2)nc1. The molecule has 0 bridgehead atoms. The third-order valence-corrected chi connectivity index (χ3v) is 5.38. The van der Waals surface area contributed by atoms with Crippen molar-refractivity contribution >= 4 is 40.0 Å². The molecule has 8 heteroatoms. The van der Waals surface area contributed by atoms with Crippen LogP contribution < -0.4 is 10.2 Å². The van der Waals surface area contributed by atoms with Crippen LogP contribution in [0.15, 0.2) is 54.9 Å². The van der Waals surface area contributed by atoms with Gasteiger partial charge in [-0.1, -0.05) is 11.6 Å². The molecule has 0 radical (unpaired) electrons. The molecule has 0 aliphatic carbocycles. The summed E-state index contributed by atoms with van der Waals surface area (Å²) in [6, 6.07) is 12.7. The maximum Gasteiger partial charge on any atom is 0.257 e. The van der Waals surface area contributed by atoms with Crippen molar-refractivity contribution in [2.24, 2.45) is 0 Å². The van der Waals surface area contributed by atoms with Crippen LogP contribution in [0, 0.1) is 0 Å². The minimum absolute atomic E-state index is 0.203. The molecule has 3 aromatic heterocycles. The summed E-state index contributed by atoms with van der Waals surface area (Å²) in [6.45, 7) is 2.05. The third-order valence-electron chi connectivity index (χ3n) is 5.14. The molecule has 4 aromatic rings. The molecule has 0 atom stereocenters. The summed E-state index contributed by atoms with van der Waals surface area (Å²) in [5.74, 6) is 1.34. The van der Waals surface area contributed by atoms with Crippen LogP contribution in [0.3, 0.4) is 0 Å². The molecular formula is C22H19ClN6O. The van der Waals surface area contributed by atoms with Crippen LogP contribution in [-0.2, 0) is 0 Å². The highest BCUT2D eigenvalue weighted by atomic mass is 35.5. The maximum absolute atomic E-state index is 12.6. The van der Waals surface area contributed by atoms with E-state index < -0.39 is 0 Å². The Morgan fingerprint density at radius 1 is 1.07 bits per heavy atom. The number of imidazole rings is 1. The topological polar surface area (TPSA) is 86.8 Å². The zero-order chi connectivity index (χ0) is 20.5. The Bertz CT molecular complexity index is 1210. The van der Waals surface area contributed by atoms with Crippen molar-refractivity contribution in [3.63, 3.8) is 0 Å². The van der Waals surface area contributed by atoms with Crippen LogP contribution >= 0.6 is 11.6 Å². The maximum atomic E-state index is 12.6. The number of pyridine rings is 2. The second-order valence-corrected chi connectivity index (χ2v) is 7.67. The van der Waals surface area contributed by atoms with Gasteiger partial charge in [-0.3, -0.25) is 9.78 Å². The fourth-order valence-electron chi connectivity index (χ4n) is 3.60. The van der Waals surface area contributed by atoms with Crippen LogP contribution in [-0.4, -0.2) is 38.9 Å². The number of rotatable bonds is 4. The van der Waals surface area contributed by atoms with E-state index in [1.165, 1.54) is 12.8 Å². The lowest BCUT2D eigenvalue weighted by Gasteiger charge is -2.16. The predicted octanol–water partition coefficient (Wildman–Crippen LogP) is 4.53. The number of fused-ring (bicyclic) bond motifs is 1. The van der Waals surface area contributed by atoms with Gasteiger partial charge in [-0.25, -0.2) is 9.97 Å². The number of halogens is 1. The van der Waals surface area contributed by atoms with E-state index in [4.69, 9.17) is 11.6 Å². The van der Waals surface area contributed by atoms with Crippen molar-refractivity contribution in [1.29, 1.82) is 0 Å². The van der Waals surface area contributed by atoms with Gasteiger partial charge in [0.25, 0.3) is 5.91 Å². The van der Waals surface area contributed by atoms with E-state index in [-0.39, 0.29) is 5.91 Å². The van der Waals surface area contributed by atoms with E-state index in [0.29, 0.717) is 27.8 Å². The standard InChI is InChI=1S/C22H19ClN6O/c23-15-7-8-24-19(11-15)21-27-17-5-4-16(12-18(17)28-21)26-22(30)14-3-6-20(25-13-14)29-9-1-2-10-29/h3-8,11-13H,1-2,9-10H2,(H,26,30)(H,27,28). The number of H-pyrrole nitrogens is 1. The smallest absolute Gasteiger partial charge is 0.257 e. The zero-order valence-electron chi connectivity index (χ0n) is 16.1. The number of nitrogens with one attached hydrogen (secondary N) is 2. The van der Waals surface area contributed by atoms with E-state index in [1.807, 2.05) is 30.3 Å². The monoisotopic (exact) mass is 418 g/mol. The van der Waals surface area contributed by atoms with Gasteiger partial charge in [0.1, 0.15) is 11.5 Å². The van der Waals surface area contributed by atoms with Crippen molar-refractivity contribution in [3.05, 3.63) is 65.4 Å². The average molecular weight is 419 g/mol. The van der Waals surface area contributed by atoms with Gasteiger partial charge >= 0.3 is 0 Å². The summed E-state index contributed by atoms with van der Waals surface area (Å²) >= 11 is 6.04. The first-order chi connectivity index (χ1) is 14.7. The van der Waals surface area contributed by atoms with Gasteiger partial charge in [-0.15, -0.1) is 0 Å². The molecule has 4 heterocycles. The highest BCUT2D eigenvalue weighted by Gasteiger charge is 2.15. The summed E-state index contributed by atoms with van der Waals surface area (Å²) in [6.07, 6.45) is 5.64. The van der Waals surface area contributed by atoms with E-state index in [0.717, 1.165) is 29.9 Å². The van der Waals surface area contributed by atoms with Crippen LogP contribution in [0.1, 0.15) is 23.2 Å². The summed E-state index contributed by atoms with van der Waals surface area (Å²) in [4.78, 5) is 31.4. The number of aromatic nitrogens is 4. The largest absolute Gasteiger partial charge is 0.357 e. The number of carbonyl (C=O) groups is 1. The minimum atomic E-state index is -0.203. The fourth-order valence-corrected chi connectivity index (χ4v) is 3.76. The number of hydrogen-bond acceptors (Lipinski definition) is 5. The van der Waals surface area contributed by atoms with Gasteiger partial charge in [0, 0.05) is 36.2 Å². The van der Waals surface area contributed by atoms with E-state index in [2.05, 4.69) is 30.2 Å². The molecule has 0 saturated carbocycles. The molecule has 1 aliphatic rings. The molecule has 150 valence electrons. The molecule has 30 heavy (non-hydrogen) atoms. The molecule has 2 N–H and O–H groups in total. The van der Waals surface area contributed by atoms with E-state index in [9.17, 15) is 4.79 Å². The first kappa shape index (κ1) is 18.6. The first-order valence-corrected chi connectivity index (χ1v) is 10.2. The summed E-state index contributed by atoms with van der Waals surface area (Å²) in [5.41, 5.74) is 3.43. The highest BCUT2D eigenvalue weighted by Crippen LogP contribution is 2.24. The molecule has 1 aliphatic heterocycles. The Morgan fingerprint density at radius 3 is 2.70 bits per heavy atom. The Labute approximate surface area is 178 Å². The molecule has 1 saturated heterocycles. The van der Waals surface area contributed by atoms with Gasteiger partial charge < -0.3 is 15.2 Å². The van der Waals surface area contributed by atoms with Gasteiger partial charge in [-0.05, 0) is 55.3 Å². The lowest BCUT2D eigenvalue weighted by Crippen LogP contribution is -2.19. The molecule has 1 aromatic carbocycles. The molecule has 1 amide bonds. The zero-order valence-corrected chi connectivity index (χ0v) is 16.9. The van der Waals surface area contributed by atoms with Crippen LogP contribution in [0.5, 0.6) is 0 Å². The van der Waals surface area contributed by atoms with Gasteiger partial charge in [-0.2, -0.15) is 0 Å². The fraction of sp³-hybridized carbons (Fsp3) is 0.182. The molecule has 1 fully saturated rings. The van der Waals surface area contributed by atoms with Crippen molar-refractivity contribution in [1.82, 2.24) is 19.9 Å². The molecular weight excluding hydrogens is 400 g/mol. The van der Waals surface area contributed by atoms with Crippen LogP contribution in [0.25, 0.3) is 22.6 Å². The number of amides is 1. The molecule has 5 rings (SSSR count). The van der Waals surface area contributed by atoms with Crippen molar-refractivity contribution in [2.45, 2.75) is 12.8 Å². The highest BCUT2D eigenvalue weighted by molar-refractivity contribution is 6.30. The lowest BCUT2D eigenvalue weighted by molar-refractivity contribution is 0.102. The Kier molecular flexibility index (Phi) is 4.80. The number of nitrogens with zero attached hydrogens (tertiary/aromatic N) is 4. The number of anilines is 2. The first-order valence-electron chi connectivity index (χ1n) is 9.80. The van der Waals surface area contributed by atoms with Crippen molar-refractivity contribution < 1.29 is 4.79 Å². The number of carbonyl (C=O) groups excluding carboxylic acids is 1. The second-order valence-electron chi connectivity index (χ2n) is 7.23. The van der Waals surface area contributed by atoms with Crippen molar-refractivity contribution in [2.75, 3.05) is 23.3 Å². The number of hydrogen-bond donors (Lipinski definition) is 2. The average Bonchev–Trinajstić information content (AvgIpc) is 3.44. The van der Waals surface area contributed by atoms with Crippen LogP contribution in [0.4, 0.5) is 11.5 Å². The van der Waals surface area contributed by atoms with Gasteiger partial charge in [0.05, 0.1) is 16.6 Å². The quantitative estimate of drug-likeness (QED) is 0.508. The Balaban J connectivity index is 1.34. The van der Waals surface area contributed by atoms with Gasteiger partial charge in [0.15, 0.2) is 5.82 Å². The number of benzene rings is 1. The third kappa shape index (κ3) is 3.71. The summed E-state index contributed by atoms with van der Waals surface area (Å²) in [7, 11) is 0. The Morgan fingerprint density at radius 2 is 1.93 bits per heavy atom. The van der Waals surface area contributed by atoms with E-state index in [1.54, 1.807) is 24.5 Å². The summed E-state index contributed by atoms with van der Waals surface area (Å²) < 4.78 is 0. The molecule has 7 nitrogen and oxygen atoms in total. The normalized spacial score (nSPS) is 13.7. The number of aromatic amines is 1. The van der Waals surface area contributed by atoms with Gasteiger partial charge in [0.2, 0.25) is 0 Å². The van der Waals surface area contributed by atoms with Crippen LogP contribution in [0.2, 0.25) is 5.02 Å². The minimum Gasteiger partial charge on any atom is -0.357 e. The van der Waals surface area contributed by atoms with Crippen molar-refractivity contribution in [3.8, 4) is 11.5 Å². The molecule has 0 unspecified atom stereocenters.